The van der Waals surface area contributed by atoms with Crippen LogP contribution in [0.3, 0.4) is 0 Å². The molecule has 0 aliphatic carbocycles. The van der Waals surface area contributed by atoms with Gasteiger partial charge in [0, 0.05) is 46.4 Å². The minimum atomic E-state index is -1.65. The van der Waals surface area contributed by atoms with E-state index in [1.54, 1.807) is 136 Å². The van der Waals surface area contributed by atoms with E-state index in [2.05, 4.69) is 21.3 Å². The summed E-state index contributed by atoms with van der Waals surface area (Å²) in [5.74, 6) is -5.07. The van der Waals surface area contributed by atoms with Crippen molar-refractivity contribution >= 4 is 182 Å². The van der Waals surface area contributed by atoms with Crippen molar-refractivity contribution in [2.75, 3.05) is 89.5 Å². The van der Waals surface area contributed by atoms with Crippen LogP contribution >= 0.6 is 136 Å². The molecule has 0 heterocycles. The average molecular weight is 1520 g/mol. The van der Waals surface area contributed by atoms with Gasteiger partial charge in [-0.2, -0.15) is 0 Å². The summed E-state index contributed by atoms with van der Waals surface area (Å²) in [5.41, 5.74) is -0.625. The van der Waals surface area contributed by atoms with E-state index < -0.39 is 120 Å². The fraction of sp³-hybridized carbons (Fsp3) is 0.455. The highest BCUT2D eigenvalue weighted by molar-refractivity contribution is 14.1. The van der Waals surface area contributed by atoms with Crippen molar-refractivity contribution < 1.29 is 74.7 Å². The number of amides is 6. The van der Waals surface area contributed by atoms with Gasteiger partial charge in [0.05, 0.1) is 92.6 Å². The van der Waals surface area contributed by atoms with Crippen molar-refractivity contribution in [1.82, 2.24) is 20.4 Å². The normalized spacial score (nSPS) is 12.6. The number of benzene rings is 2. The van der Waals surface area contributed by atoms with Crippen LogP contribution in [0.15, 0.2) is 0 Å². The van der Waals surface area contributed by atoms with Gasteiger partial charge in [0.15, 0.2) is 0 Å². The number of nitrogens with one attached hydrogen (secondary N) is 4. The molecular formula is C33H40I6N6O15. The standard InChI is InChI=1S/C33H40I6N6O15/c34-22-18(30(57)40-1-3-46)24(36)28(42-16(55)11-50)27(39)21(22)33(60)45(8-15(54)10-49)7-14(53)6-44(2-4-47)32(59)20-23(35)19(31(58)41-5-13(52)9-48)25(37)29(26(20)38)43-17(56)12-51/h13-15,46-54H,1-12H2,(H,40,57)(H,41,58)(H,42,55)(H,43,56). The van der Waals surface area contributed by atoms with Crippen LogP contribution in [0, 0.1) is 21.4 Å². The van der Waals surface area contributed by atoms with Crippen LogP contribution in [0.1, 0.15) is 41.4 Å². The smallest absolute Gasteiger partial charge is 0.256 e. The molecule has 0 radical (unpaired) electrons. The maximum absolute atomic E-state index is 14.5. The molecule has 13 N–H and O–H groups in total. The molecule has 3 atom stereocenters. The zero-order valence-corrected chi connectivity index (χ0v) is 43.8. The molecule has 21 nitrogen and oxygen atoms in total. The Morgan fingerprint density at radius 1 is 0.500 bits per heavy atom. The minimum Gasteiger partial charge on any atom is -0.395 e. The van der Waals surface area contributed by atoms with E-state index in [1.165, 1.54) is 0 Å². The molecule has 0 saturated heterocycles. The Kier molecular flexibility index (Phi) is 24.9. The lowest BCUT2D eigenvalue weighted by Crippen LogP contribution is -2.48. The number of rotatable bonds is 22. The second-order valence-electron chi connectivity index (χ2n) is 12.2. The molecule has 0 spiro atoms. The molecule has 2 rings (SSSR count). The zero-order valence-electron chi connectivity index (χ0n) is 30.9. The first kappa shape index (κ1) is 55.4. The Bertz CT molecular complexity index is 1930. The lowest BCUT2D eigenvalue weighted by Gasteiger charge is -2.31. The number of hydrogen-bond acceptors (Lipinski definition) is 15. The average Bonchev–Trinajstić information content (AvgIpc) is 3.21. The molecule has 2 aromatic carbocycles. The van der Waals surface area contributed by atoms with E-state index in [0.29, 0.717) is 0 Å². The van der Waals surface area contributed by atoms with E-state index in [-0.39, 0.29) is 68.1 Å². The van der Waals surface area contributed by atoms with E-state index >= 15 is 0 Å². The Hall–Kier alpha value is -0.720. The maximum atomic E-state index is 14.5. The molecular weight excluding hydrogens is 1480 g/mol. The summed E-state index contributed by atoms with van der Waals surface area (Å²) in [7, 11) is 0. The van der Waals surface area contributed by atoms with Gasteiger partial charge in [0.2, 0.25) is 11.8 Å². The van der Waals surface area contributed by atoms with Crippen LogP contribution in [-0.2, 0) is 9.59 Å². The monoisotopic (exact) mass is 1520 g/mol. The summed E-state index contributed by atoms with van der Waals surface area (Å²) in [5, 5.41) is 98.8. The molecule has 60 heavy (non-hydrogen) atoms. The highest BCUT2D eigenvalue weighted by Crippen LogP contribution is 2.38. The van der Waals surface area contributed by atoms with Crippen molar-refractivity contribution in [3.05, 3.63) is 43.7 Å². The second kappa shape index (κ2) is 26.9. The third-order valence-corrected chi connectivity index (χ3v) is 14.4. The van der Waals surface area contributed by atoms with E-state index in [1.807, 2.05) is 0 Å². The Morgan fingerprint density at radius 2 is 0.900 bits per heavy atom. The molecule has 27 heteroatoms. The van der Waals surface area contributed by atoms with Crippen molar-refractivity contribution in [3.8, 4) is 0 Å². The summed E-state index contributed by atoms with van der Waals surface area (Å²) in [6.07, 6.45) is -4.52. The number of carbonyl (C=O) groups is 6. The largest absolute Gasteiger partial charge is 0.395 e. The van der Waals surface area contributed by atoms with Crippen LogP contribution in [0.4, 0.5) is 11.4 Å². The Labute approximate surface area is 424 Å². The van der Waals surface area contributed by atoms with Crippen LogP contribution in [0.2, 0.25) is 0 Å². The van der Waals surface area contributed by atoms with Crippen molar-refractivity contribution in [2.24, 2.45) is 0 Å². The first-order valence-corrected chi connectivity index (χ1v) is 23.6. The number of aliphatic hydroxyl groups is 9. The highest BCUT2D eigenvalue weighted by Gasteiger charge is 2.35. The van der Waals surface area contributed by atoms with Crippen LogP contribution in [0.5, 0.6) is 0 Å². The summed E-state index contributed by atoms with van der Waals surface area (Å²) in [6, 6.07) is 0. The minimum absolute atomic E-state index is 0.0232. The summed E-state index contributed by atoms with van der Waals surface area (Å²) in [6.45, 7) is -7.20. The summed E-state index contributed by atoms with van der Waals surface area (Å²) < 4.78 is 0.643. The summed E-state index contributed by atoms with van der Waals surface area (Å²) >= 11 is 10.5. The molecule has 3 unspecified atom stereocenters. The number of aliphatic hydroxyl groups excluding tert-OH is 9. The van der Waals surface area contributed by atoms with Crippen LogP contribution < -0.4 is 21.3 Å². The van der Waals surface area contributed by atoms with Gasteiger partial charge in [-0.3, -0.25) is 28.8 Å². The number of nitrogens with zero attached hydrogens (tertiary/aromatic N) is 2. The predicted molar refractivity (Wildman–Crippen MR) is 263 cm³/mol. The van der Waals surface area contributed by atoms with Gasteiger partial charge in [-0.05, 0) is 136 Å². The van der Waals surface area contributed by atoms with Gasteiger partial charge in [0.1, 0.15) is 13.2 Å². The molecule has 2 aromatic rings. The molecule has 0 aromatic heterocycles. The number of hydrogen-bond donors (Lipinski definition) is 13. The fourth-order valence-electron chi connectivity index (χ4n) is 5.13. The zero-order chi connectivity index (χ0) is 45.6. The Morgan fingerprint density at radius 3 is 1.32 bits per heavy atom. The van der Waals surface area contributed by atoms with E-state index in [9.17, 15) is 74.7 Å². The second-order valence-corrected chi connectivity index (χ2v) is 18.7. The molecule has 0 aliphatic rings. The van der Waals surface area contributed by atoms with Gasteiger partial charge in [-0.1, -0.05) is 0 Å². The van der Waals surface area contributed by atoms with Crippen molar-refractivity contribution in [2.45, 2.75) is 18.3 Å². The number of anilines is 2. The predicted octanol–water partition coefficient (Wildman–Crippen LogP) is -1.73. The van der Waals surface area contributed by atoms with Gasteiger partial charge in [0.25, 0.3) is 23.6 Å². The van der Waals surface area contributed by atoms with Gasteiger partial charge < -0.3 is 77.0 Å². The summed E-state index contributed by atoms with van der Waals surface area (Å²) in [4.78, 5) is 82.2. The number of carbonyl (C=O) groups excluding carboxylic acids is 6. The molecule has 334 valence electrons. The van der Waals surface area contributed by atoms with Crippen molar-refractivity contribution in [3.63, 3.8) is 0 Å². The molecule has 0 saturated carbocycles. The highest BCUT2D eigenvalue weighted by atomic mass is 127. The maximum Gasteiger partial charge on any atom is 0.256 e. The molecule has 0 fully saturated rings. The fourth-order valence-corrected chi connectivity index (χ4v) is 13.9. The molecule has 6 amide bonds. The van der Waals surface area contributed by atoms with Crippen molar-refractivity contribution in [1.29, 1.82) is 0 Å². The third-order valence-electron chi connectivity index (χ3n) is 7.89. The van der Waals surface area contributed by atoms with E-state index in [4.69, 9.17) is 0 Å². The third kappa shape index (κ3) is 14.7. The number of halogens is 6. The Balaban J connectivity index is 2.72. The molecule has 0 aliphatic heterocycles. The van der Waals surface area contributed by atoms with Gasteiger partial charge in [-0.15, -0.1) is 0 Å². The van der Waals surface area contributed by atoms with Crippen LogP contribution in [-0.4, -0.2) is 188 Å². The quantitative estimate of drug-likeness (QED) is 0.0583. The van der Waals surface area contributed by atoms with Gasteiger partial charge >= 0.3 is 0 Å². The first-order chi connectivity index (χ1) is 28.3. The SMILES string of the molecule is O=C(CO)Nc1c(I)c(C(=O)NCC(O)CO)c(I)c(C(=O)N(CCO)CC(O)CN(CC(O)CO)C(=O)c2c(I)c(NC(=O)CO)c(I)c(C(=O)NCCO)c2I)c1I. The van der Waals surface area contributed by atoms with E-state index in [0.717, 1.165) is 9.80 Å². The molecule has 0 bridgehead atoms. The van der Waals surface area contributed by atoms with Gasteiger partial charge in [-0.25, -0.2) is 0 Å². The van der Waals surface area contributed by atoms with Crippen LogP contribution in [0.25, 0.3) is 0 Å². The topological polar surface area (TPSA) is 339 Å². The lowest BCUT2D eigenvalue weighted by molar-refractivity contribution is -0.119. The first-order valence-electron chi connectivity index (χ1n) is 17.1. The lowest BCUT2D eigenvalue weighted by atomic mass is 10.1.